The van der Waals surface area contributed by atoms with Crippen LogP contribution < -0.4 is 5.32 Å². The van der Waals surface area contributed by atoms with Gasteiger partial charge in [0.05, 0.1) is 12.5 Å². The van der Waals surface area contributed by atoms with Crippen LogP contribution >= 0.6 is 15.9 Å². The molecule has 0 fully saturated rings. The van der Waals surface area contributed by atoms with Gasteiger partial charge in [-0.05, 0) is 36.2 Å². The fourth-order valence-corrected chi connectivity index (χ4v) is 2.61. The van der Waals surface area contributed by atoms with Crippen LogP contribution in [-0.4, -0.2) is 5.91 Å². The summed E-state index contributed by atoms with van der Waals surface area (Å²) >= 11 is 3.47. The third-order valence-corrected chi connectivity index (χ3v) is 3.75. The van der Waals surface area contributed by atoms with E-state index < -0.39 is 0 Å². The lowest BCUT2D eigenvalue weighted by Crippen LogP contribution is -2.28. The summed E-state index contributed by atoms with van der Waals surface area (Å²) in [6.45, 7) is 1.93. The summed E-state index contributed by atoms with van der Waals surface area (Å²) in [5.41, 5.74) is 1.82. The Labute approximate surface area is 126 Å². The molecule has 0 saturated heterocycles. The number of halogens is 2. The van der Waals surface area contributed by atoms with Crippen molar-refractivity contribution in [2.24, 2.45) is 0 Å². The van der Waals surface area contributed by atoms with E-state index in [0.29, 0.717) is 0 Å². The second-order valence-electron chi connectivity index (χ2n) is 4.61. The molecule has 0 heterocycles. The first-order valence-electron chi connectivity index (χ1n) is 6.34. The third-order valence-electron chi connectivity index (χ3n) is 3.03. The Balaban J connectivity index is 1.98. The Bertz CT molecular complexity index is 598. The largest absolute Gasteiger partial charge is 0.349 e. The van der Waals surface area contributed by atoms with Gasteiger partial charge in [0, 0.05) is 4.47 Å². The lowest BCUT2D eigenvalue weighted by Gasteiger charge is -2.15. The van der Waals surface area contributed by atoms with Gasteiger partial charge in [-0.2, -0.15) is 0 Å². The summed E-state index contributed by atoms with van der Waals surface area (Å²) in [4.78, 5) is 12.0. The molecule has 1 atom stereocenters. The van der Waals surface area contributed by atoms with Crippen molar-refractivity contribution < 1.29 is 9.18 Å². The van der Waals surface area contributed by atoms with Crippen LogP contribution in [-0.2, 0) is 11.2 Å². The highest BCUT2D eigenvalue weighted by Gasteiger charge is 2.12. The van der Waals surface area contributed by atoms with Crippen LogP contribution in [0.2, 0.25) is 0 Å². The van der Waals surface area contributed by atoms with Crippen LogP contribution in [0.25, 0.3) is 0 Å². The molecule has 0 aromatic heterocycles. The quantitative estimate of drug-likeness (QED) is 0.898. The van der Waals surface area contributed by atoms with E-state index >= 15 is 0 Å². The van der Waals surface area contributed by atoms with Gasteiger partial charge in [-0.25, -0.2) is 4.39 Å². The molecule has 0 radical (unpaired) electrons. The minimum atomic E-state index is -0.296. The van der Waals surface area contributed by atoms with Crippen LogP contribution in [0.3, 0.4) is 0 Å². The number of benzene rings is 2. The van der Waals surface area contributed by atoms with Crippen LogP contribution in [0.4, 0.5) is 4.39 Å². The van der Waals surface area contributed by atoms with Crippen LogP contribution in [0.1, 0.15) is 24.1 Å². The number of hydrogen-bond acceptors (Lipinski definition) is 1. The first kappa shape index (κ1) is 14.7. The number of rotatable bonds is 4. The second kappa shape index (κ2) is 6.66. The monoisotopic (exact) mass is 335 g/mol. The van der Waals surface area contributed by atoms with E-state index in [1.807, 2.05) is 31.2 Å². The standard InChI is InChI=1S/C16H15BrFNO/c1-11(14-4-2-3-5-15(14)17)19-16(20)10-12-6-8-13(18)9-7-12/h2-9,11H,10H2,1H3,(H,19,20). The molecule has 2 aromatic rings. The number of amides is 1. The van der Waals surface area contributed by atoms with Crippen molar-refractivity contribution in [1.82, 2.24) is 5.32 Å². The van der Waals surface area contributed by atoms with E-state index in [2.05, 4.69) is 21.2 Å². The van der Waals surface area contributed by atoms with Crippen molar-refractivity contribution >= 4 is 21.8 Å². The first-order valence-corrected chi connectivity index (χ1v) is 7.14. The highest BCUT2D eigenvalue weighted by molar-refractivity contribution is 9.10. The van der Waals surface area contributed by atoms with Gasteiger partial charge in [0.2, 0.25) is 5.91 Å². The maximum atomic E-state index is 12.8. The Morgan fingerprint density at radius 1 is 1.20 bits per heavy atom. The molecule has 1 amide bonds. The zero-order chi connectivity index (χ0) is 14.5. The summed E-state index contributed by atoms with van der Waals surface area (Å²) in [5, 5.41) is 2.94. The average molecular weight is 336 g/mol. The number of nitrogens with one attached hydrogen (secondary N) is 1. The molecule has 0 saturated carbocycles. The van der Waals surface area contributed by atoms with Crippen LogP contribution in [0.15, 0.2) is 53.0 Å². The van der Waals surface area contributed by atoms with Crippen LogP contribution in [0, 0.1) is 5.82 Å². The van der Waals surface area contributed by atoms with Gasteiger partial charge < -0.3 is 5.32 Å². The number of hydrogen-bond donors (Lipinski definition) is 1. The second-order valence-corrected chi connectivity index (χ2v) is 5.47. The van der Waals surface area contributed by atoms with Gasteiger partial charge in [0.25, 0.3) is 0 Å². The van der Waals surface area contributed by atoms with E-state index in [9.17, 15) is 9.18 Å². The molecule has 20 heavy (non-hydrogen) atoms. The van der Waals surface area contributed by atoms with E-state index in [-0.39, 0.29) is 24.2 Å². The highest BCUT2D eigenvalue weighted by atomic mass is 79.9. The Hall–Kier alpha value is -1.68. The minimum absolute atomic E-state index is 0.0835. The van der Waals surface area contributed by atoms with E-state index in [1.165, 1.54) is 12.1 Å². The van der Waals surface area contributed by atoms with Crippen molar-refractivity contribution in [3.8, 4) is 0 Å². The Kier molecular flexibility index (Phi) is 4.90. The smallest absolute Gasteiger partial charge is 0.224 e. The molecule has 2 rings (SSSR count). The van der Waals surface area contributed by atoms with Crippen LogP contribution in [0.5, 0.6) is 0 Å². The summed E-state index contributed by atoms with van der Waals surface area (Å²) < 4.78 is 13.8. The summed E-state index contributed by atoms with van der Waals surface area (Å²) in [6, 6.07) is 13.7. The molecule has 1 unspecified atom stereocenters. The Morgan fingerprint density at radius 3 is 2.50 bits per heavy atom. The van der Waals surface area contributed by atoms with Crippen molar-refractivity contribution in [3.63, 3.8) is 0 Å². The molecule has 2 nitrogen and oxygen atoms in total. The fourth-order valence-electron chi connectivity index (χ4n) is 1.98. The van der Waals surface area contributed by atoms with Crippen molar-refractivity contribution in [3.05, 3.63) is 69.9 Å². The lowest BCUT2D eigenvalue weighted by atomic mass is 10.1. The molecular weight excluding hydrogens is 321 g/mol. The van der Waals surface area contributed by atoms with Gasteiger partial charge in [-0.15, -0.1) is 0 Å². The Morgan fingerprint density at radius 2 is 1.85 bits per heavy atom. The van der Waals surface area contributed by atoms with Crippen molar-refractivity contribution in [2.75, 3.05) is 0 Å². The topological polar surface area (TPSA) is 29.1 Å². The molecule has 0 spiro atoms. The maximum absolute atomic E-state index is 12.8. The molecule has 104 valence electrons. The normalized spacial score (nSPS) is 11.9. The molecule has 2 aromatic carbocycles. The molecule has 4 heteroatoms. The van der Waals surface area contributed by atoms with E-state index in [4.69, 9.17) is 0 Å². The predicted molar refractivity (Wildman–Crippen MR) is 80.8 cm³/mol. The third kappa shape index (κ3) is 3.90. The molecule has 0 bridgehead atoms. The molecule has 1 N–H and O–H groups in total. The van der Waals surface area contributed by atoms with Crippen molar-refractivity contribution in [1.29, 1.82) is 0 Å². The van der Waals surface area contributed by atoms with Gasteiger partial charge in [-0.3, -0.25) is 4.79 Å². The lowest BCUT2D eigenvalue weighted by molar-refractivity contribution is -0.121. The summed E-state index contributed by atoms with van der Waals surface area (Å²) in [6.07, 6.45) is 0.245. The fraction of sp³-hybridized carbons (Fsp3) is 0.188. The van der Waals surface area contributed by atoms with E-state index in [0.717, 1.165) is 15.6 Å². The van der Waals surface area contributed by atoms with Gasteiger partial charge in [0.15, 0.2) is 0 Å². The number of carbonyl (C=O) groups excluding carboxylic acids is 1. The van der Waals surface area contributed by atoms with Gasteiger partial charge in [-0.1, -0.05) is 46.3 Å². The van der Waals surface area contributed by atoms with Gasteiger partial charge in [0.1, 0.15) is 5.82 Å². The SMILES string of the molecule is CC(NC(=O)Cc1ccc(F)cc1)c1ccccc1Br. The molecule has 0 aliphatic carbocycles. The van der Waals surface area contributed by atoms with Gasteiger partial charge >= 0.3 is 0 Å². The molecular formula is C16H15BrFNO. The highest BCUT2D eigenvalue weighted by Crippen LogP contribution is 2.22. The summed E-state index contributed by atoms with van der Waals surface area (Å²) in [7, 11) is 0. The zero-order valence-electron chi connectivity index (χ0n) is 11.1. The molecule has 0 aliphatic heterocycles. The van der Waals surface area contributed by atoms with Crippen molar-refractivity contribution in [2.45, 2.75) is 19.4 Å². The zero-order valence-corrected chi connectivity index (χ0v) is 12.7. The minimum Gasteiger partial charge on any atom is -0.349 e. The predicted octanol–water partition coefficient (Wildman–Crippen LogP) is 4.01. The average Bonchev–Trinajstić information content (AvgIpc) is 2.41. The number of carbonyl (C=O) groups is 1. The molecule has 0 aliphatic rings. The maximum Gasteiger partial charge on any atom is 0.224 e. The summed E-state index contributed by atoms with van der Waals surface area (Å²) in [5.74, 6) is -0.379. The van der Waals surface area contributed by atoms with E-state index in [1.54, 1.807) is 12.1 Å². The first-order chi connectivity index (χ1) is 9.56.